The van der Waals surface area contributed by atoms with Crippen molar-refractivity contribution in [2.24, 2.45) is 0 Å². The van der Waals surface area contributed by atoms with Gasteiger partial charge in [-0.2, -0.15) is 13.2 Å². The number of rotatable bonds is 9. The van der Waals surface area contributed by atoms with Gasteiger partial charge in [-0.15, -0.1) is 0 Å². The van der Waals surface area contributed by atoms with Crippen molar-refractivity contribution >= 4 is 5.97 Å². The molecule has 0 bridgehead atoms. The summed E-state index contributed by atoms with van der Waals surface area (Å²) in [7, 11) is 0. The maximum absolute atomic E-state index is 13.4. The van der Waals surface area contributed by atoms with E-state index >= 15 is 0 Å². The fourth-order valence-corrected chi connectivity index (χ4v) is 3.73. The number of ether oxygens (including phenoxy) is 3. The number of benzene rings is 4. The fourth-order valence-electron chi connectivity index (χ4n) is 3.73. The molecule has 0 aliphatic rings. The molecule has 8 heteroatoms. The van der Waals surface area contributed by atoms with Crippen LogP contribution in [0.4, 0.5) is 13.2 Å². The zero-order valence-electron chi connectivity index (χ0n) is 20.7. The van der Waals surface area contributed by atoms with Gasteiger partial charge in [-0.05, 0) is 85.5 Å². The van der Waals surface area contributed by atoms with Crippen LogP contribution >= 0.6 is 0 Å². The number of carboxylic acid groups (broad SMARTS) is 1. The molecule has 0 saturated heterocycles. The second kappa shape index (κ2) is 11.3. The zero-order valence-corrected chi connectivity index (χ0v) is 20.7. The van der Waals surface area contributed by atoms with E-state index in [9.17, 15) is 18.0 Å². The second-order valence-electron chi connectivity index (χ2n) is 8.69. The Morgan fingerprint density at radius 1 is 0.711 bits per heavy atom. The SMILES string of the molecule is Cc1cc(Oc2ccc(C)c(Oc3ccc(C(F)(F)F)cc3Oc3ccccc3)c2)ccc1CCC(=O)O. The summed E-state index contributed by atoms with van der Waals surface area (Å²) in [4.78, 5) is 10.9. The Hall–Kier alpha value is -4.46. The number of carbonyl (C=O) groups is 1. The summed E-state index contributed by atoms with van der Waals surface area (Å²) in [6.45, 7) is 3.69. The standard InChI is InChI=1S/C30H25F3O5/c1-19-8-12-25(36-24-13-9-21(20(2)16-24)10-15-29(34)35)18-27(19)38-26-14-11-22(30(31,32)33)17-28(26)37-23-6-4-3-5-7-23/h3-9,11-14,16-18H,10,15H2,1-2H3,(H,34,35). The Balaban J connectivity index is 1.59. The summed E-state index contributed by atoms with van der Waals surface area (Å²) in [5.74, 6) is 0.940. The van der Waals surface area contributed by atoms with Crippen LogP contribution in [0.15, 0.2) is 84.9 Å². The quantitative estimate of drug-likeness (QED) is 0.238. The van der Waals surface area contributed by atoms with Crippen LogP contribution in [0.25, 0.3) is 0 Å². The first-order valence-electron chi connectivity index (χ1n) is 11.8. The third kappa shape index (κ3) is 6.85. The van der Waals surface area contributed by atoms with Gasteiger partial charge in [0.05, 0.1) is 5.56 Å². The van der Waals surface area contributed by atoms with Gasteiger partial charge in [0, 0.05) is 12.5 Å². The van der Waals surface area contributed by atoms with E-state index in [0.29, 0.717) is 29.4 Å². The summed E-state index contributed by atoms with van der Waals surface area (Å²) < 4.78 is 57.9. The van der Waals surface area contributed by atoms with Crippen molar-refractivity contribution in [1.82, 2.24) is 0 Å². The van der Waals surface area contributed by atoms with Crippen molar-refractivity contribution < 1.29 is 37.3 Å². The van der Waals surface area contributed by atoms with Crippen LogP contribution in [0.3, 0.4) is 0 Å². The maximum atomic E-state index is 13.4. The molecule has 0 aliphatic carbocycles. The van der Waals surface area contributed by atoms with Crippen LogP contribution in [0.1, 0.15) is 28.7 Å². The molecule has 5 nitrogen and oxygen atoms in total. The number of carboxylic acids is 1. The lowest BCUT2D eigenvalue weighted by molar-refractivity contribution is -0.138. The van der Waals surface area contributed by atoms with Gasteiger partial charge in [-0.25, -0.2) is 0 Å². The lowest BCUT2D eigenvalue weighted by Crippen LogP contribution is -2.05. The highest BCUT2D eigenvalue weighted by molar-refractivity contribution is 5.67. The van der Waals surface area contributed by atoms with Gasteiger partial charge in [0.1, 0.15) is 23.0 Å². The highest BCUT2D eigenvalue weighted by atomic mass is 19.4. The topological polar surface area (TPSA) is 65.0 Å². The van der Waals surface area contributed by atoms with Gasteiger partial charge < -0.3 is 19.3 Å². The van der Waals surface area contributed by atoms with Crippen molar-refractivity contribution in [1.29, 1.82) is 0 Å². The van der Waals surface area contributed by atoms with E-state index < -0.39 is 17.7 Å². The Kier molecular flexibility index (Phi) is 7.90. The molecule has 0 amide bonds. The van der Waals surface area contributed by atoms with E-state index in [0.717, 1.165) is 28.8 Å². The van der Waals surface area contributed by atoms with Crippen molar-refractivity contribution in [2.75, 3.05) is 0 Å². The summed E-state index contributed by atoms with van der Waals surface area (Å²) >= 11 is 0. The number of alkyl halides is 3. The zero-order chi connectivity index (χ0) is 27.3. The van der Waals surface area contributed by atoms with Crippen molar-refractivity contribution in [2.45, 2.75) is 32.9 Å². The third-order valence-corrected chi connectivity index (χ3v) is 5.78. The molecule has 0 aromatic heterocycles. The van der Waals surface area contributed by atoms with Gasteiger partial charge in [-0.3, -0.25) is 4.79 Å². The number of aliphatic carboxylic acids is 1. The minimum atomic E-state index is -4.54. The van der Waals surface area contributed by atoms with Crippen LogP contribution in [0.2, 0.25) is 0 Å². The highest BCUT2D eigenvalue weighted by Crippen LogP contribution is 2.41. The number of para-hydroxylation sites is 1. The molecule has 0 saturated carbocycles. The molecular weight excluding hydrogens is 497 g/mol. The van der Waals surface area contributed by atoms with Crippen molar-refractivity contribution in [3.05, 3.63) is 107 Å². The Morgan fingerprint density at radius 3 is 2.11 bits per heavy atom. The summed E-state index contributed by atoms with van der Waals surface area (Å²) in [5, 5.41) is 8.91. The Morgan fingerprint density at radius 2 is 1.42 bits per heavy atom. The molecule has 0 fully saturated rings. The van der Waals surface area contributed by atoms with Gasteiger partial charge in [0.15, 0.2) is 11.5 Å². The van der Waals surface area contributed by atoms with Crippen LogP contribution in [0.5, 0.6) is 34.5 Å². The van der Waals surface area contributed by atoms with E-state index in [2.05, 4.69) is 0 Å². The summed E-state index contributed by atoms with van der Waals surface area (Å²) in [5.41, 5.74) is 1.70. The number of hydrogen-bond acceptors (Lipinski definition) is 4. The average Bonchev–Trinajstić information content (AvgIpc) is 2.86. The molecule has 0 heterocycles. The molecule has 1 N–H and O–H groups in total. The maximum Gasteiger partial charge on any atom is 0.416 e. The molecule has 4 aromatic carbocycles. The highest BCUT2D eigenvalue weighted by Gasteiger charge is 2.31. The number of hydrogen-bond donors (Lipinski definition) is 1. The molecule has 0 spiro atoms. The molecule has 0 unspecified atom stereocenters. The first-order chi connectivity index (χ1) is 18.1. The van der Waals surface area contributed by atoms with Crippen LogP contribution < -0.4 is 14.2 Å². The average molecular weight is 523 g/mol. The molecule has 38 heavy (non-hydrogen) atoms. The normalized spacial score (nSPS) is 11.2. The summed E-state index contributed by atoms with van der Waals surface area (Å²) in [6, 6.07) is 22.1. The van der Waals surface area contributed by atoms with Gasteiger partial charge in [-0.1, -0.05) is 30.3 Å². The van der Waals surface area contributed by atoms with Gasteiger partial charge in [0.2, 0.25) is 0 Å². The smallest absolute Gasteiger partial charge is 0.416 e. The Bertz CT molecular complexity index is 1430. The first kappa shape index (κ1) is 26.6. The van der Waals surface area contributed by atoms with Crippen LogP contribution in [0, 0.1) is 13.8 Å². The second-order valence-corrected chi connectivity index (χ2v) is 8.69. The molecule has 0 atom stereocenters. The van der Waals surface area contributed by atoms with Crippen molar-refractivity contribution in [3.63, 3.8) is 0 Å². The largest absolute Gasteiger partial charge is 0.481 e. The monoisotopic (exact) mass is 522 g/mol. The predicted octanol–water partition coefficient (Wildman–Crippen LogP) is 8.72. The first-order valence-corrected chi connectivity index (χ1v) is 11.8. The molecule has 4 rings (SSSR count). The molecule has 0 radical (unpaired) electrons. The van der Waals surface area contributed by atoms with Gasteiger partial charge in [0.25, 0.3) is 0 Å². The molecular formula is C30H25F3O5. The Labute approximate surface area is 218 Å². The minimum Gasteiger partial charge on any atom is -0.481 e. The van der Waals surface area contributed by atoms with Crippen LogP contribution in [-0.4, -0.2) is 11.1 Å². The van der Waals surface area contributed by atoms with Gasteiger partial charge >= 0.3 is 12.1 Å². The third-order valence-electron chi connectivity index (χ3n) is 5.78. The molecule has 196 valence electrons. The lowest BCUT2D eigenvalue weighted by atomic mass is 10.0. The van der Waals surface area contributed by atoms with E-state index in [1.54, 1.807) is 54.6 Å². The minimum absolute atomic E-state index is 0.0413. The predicted molar refractivity (Wildman–Crippen MR) is 136 cm³/mol. The number of aryl methyl sites for hydroxylation is 3. The van der Waals surface area contributed by atoms with Crippen molar-refractivity contribution in [3.8, 4) is 34.5 Å². The van der Waals surface area contributed by atoms with E-state index in [1.165, 1.54) is 6.07 Å². The molecule has 4 aromatic rings. The van der Waals surface area contributed by atoms with E-state index in [1.807, 2.05) is 26.0 Å². The number of halogens is 3. The lowest BCUT2D eigenvalue weighted by Gasteiger charge is -2.17. The summed E-state index contributed by atoms with van der Waals surface area (Å²) in [6.07, 6.45) is -4.08. The van der Waals surface area contributed by atoms with E-state index in [4.69, 9.17) is 19.3 Å². The van der Waals surface area contributed by atoms with E-state index in [-0.39, 0.29) is 17.9 Å². The molecule has 0 aliphatic heterocycles. The van der Waals surface area contributed by atoms with Crippen LogP contribution in [-0.2, 0) is 17.4 Å². The fraction of sp³-hybridized carbons (Fsp3) is 0.167.